The molecule has 5 aromatic rings. The molecule has 21 heteroatoms. The van der Waals surface area contributed by atoms with Crippen LogP contribution in [0.4, 0.5) is 28.4 Å². The summed E-state index contributed by atoms with van der Waals surface area (Å²) in [6, 6.07) is 11.6. The zero-order valence-corrected chi connectivity index (χ0v) is 25.9. The Morgan fingerprint density at radius 2 is 1.23 bits per heavy atom. The zero-order valence-electron chi connectivity index (χ0n) is 23.5. The number of phenols is 2. The number of phenolic OH excluding ortho intramolecular Hbond substituents is 1. The van der Waals surface area contributed by atoms with E-state index in [2.05, 4.69) is 20.5 Å². The molecule has 5 aromatic carbocycles. The van der Waals surface area contributed by atoms with Crippen LogP contribution in [0.3, 0.4) is 0 Å². The maximum atomic E-state index is 12.3. The highest BCUT2D eigenvalue weighted by molar-refractivity contribution is 7.86. The predicted octanol–water partition coefficient (Wildman–Crippen LogP) is 5.26. The topological polar surface area (TPSA) is 316 Å². The quantitative estimate of drug-likeness (QED) is 0.0612. The van der Waals surface area contributed by atoms with Gasteiger partial charge in [0.15, 0.2) is 5.75 Å². The molecule has 0 aliphatic carbocycles. The van der Waals surface area contributed by atoms with Crippen molar-refractivity contribution < 1.29 is 59.0 Å². The number of anilines is 1. The number of aromatic hydroxyl groups is 2. The predicted molar refractivity (Wildman–Crippen MR) is 167 cm³/mol. The largest absolute Gasteiger partial charge is 0.507 e. The number of hydrogen-bond donors (Lipinski definition) is 7. The summed E-state index contributed by atoms with van der Waals surface area (Å²) in [6.07, 6.45) is 0. The third kappa shape index (κ3) is 6.62. The number of nitrogens with zero attached hydrogens (tertiary/aromatic N) is 4. The minimum Gasteiger partial charge on any atom is -0.507 e. The van der Waals surface area contributed by atoms with E-state index in [4.69, 9.17) is 5.73 Å². The van der Waals surface area contributed by atoms with Gasteiger partial charge >= 0.3 is 5.97 Å². The van der Waals surface area contributed by atoms with E-state index in [1.165, 1.54) is 24.3 Å². The van der Waals surface area contributed by atoms with Crippen LogP contribution in [-0.4, -0.2) is 60.2 Å². The van der Waals surface area contributed by atoms with E-state index in [0.717, 1.165) is 42.5 Å². The zero-order chi connectivity index (χ0) is 35.3. The molecule has 0 aromatic heterocycles. The van der Waals surface area contributed by atoms with Crippen LogP contribution in [-0.2, 0) is 30.4 Å². The molecule has 5 rings (SSSR count). The summed E-state index contributed by atoms with van der Waals surface area (Å²) in [4.78, 5) is 8.90. The van der Waals surface area contributed by atoms with Crippen molar-refractivity contribution in [3.8, 4) is 11.5 Å². The SMILES string of the molecule is Nc1cc2c(O)c(N=Nc3ccc(N=Nc4ccc(O)c(C(=O)O)c4)c4ccc(S(=O)(=O)O)cc34)c(S(=O)(=O)O)cc2cc1S(=O)(=O)O. The Morgan fingerprint density at radius 3 is 1.83 bits per heavy atom. The molecule has 0 saturated heterocycles. The fourth-order valence-electron chi connectivity index (χ4n) is 4.51. The van der Waals surface area contributed by atoms with Gasteiger partial charge in [-0.05, 0) is 66.0 Å². The lowest BCUT2D eigenvalue weighted by Gasteiger charge is -2.11. The number of benzene rings is 5. The van der Waals surface area contributed by atoms with Gasteiger partial charge in [0.2, 0.25) is 0 Å². The first-order chi connectivity index (χ1) is 22.3. The lowest BCUT2D eigenvalue weighted by molar-refractivity contribution is 0.0693. The van der Waals surface area contributed by atoms with Gasteiger partial charge in [-0.1, -0.05) is 6.07 Å². The fourth-order valence-corrected chi connectivity index (χ4v) is 6.31. The summed E-state index contributed by atoms with van der Waals surface area (Å²) in [6.45, 7) is 0. The number of azo groups is 2. The first-order valence-electron chi connectivity index (χ1n) is 12.7. The van der Waals surface area contributed by atoms with Gasteiger partial charge in [-0.15, -0.1) is 15.3 Å². The Kier molecular flexibility index (Phi) is 8.37. The molecule has 48 heavy (non-hydrogen) atoms. The molecule has 0 unspecified atom stereocenters. The number of carboxylic acid groups (broad SMARTS) is 1. The number of nitrogens with two attached hydrogens (primary N) is 1. The minimum atomic E-state index is -5.18. The molecule has 0 aliphatic heterocycles. The number of carbonyl (C=O) groups is 1. The number of fused-ring (bicyclic) bond motifs is 2. The fraction of sp³-hybridized carbons (Fsp3) is 0. The van der Waals surface area contributed by atoms with Crippen molar-refractivity contribution in [3.63, 3.8) is 0 Å². The van der Waals surface area contributed by atoms with E-state index in [9.17, 15) is 59.0 Å². The van der Waals surface area contributed by atoms with Crippen molar-refractivity contribution >= 4 is 86.3 Å². The van der Waals surface area contributed by atoms with E-state index in [1.807, 2.05) is 0 Å². The van der Waals surface area contributed by atoms with Gasteiger partial charge in [0.1, 0.15) is 26.8 Å². The summed E-state index contributed by atoms with van der Waals surface area (Å²) >= 11 is 0. The summed E-state index contributed by atoms with van der Waals surface area (Å²) in [5.41, 5.74) is 3.78. The number of rotatable bonds is 8. The van der Waals surface area contributed by atoms with Gasteiger partial charge in [0, 0.05) is 16.2 Å². The second-order valence-corrected chi connectivity index (χ2v) is 14.0. The smallest absolute Gasteiger partial charge is 0.339 e. The van der Waals surface area contributed by atoms with Gasteiger partial charge in [0.05, 0.1) is 27.6 Å². The number of aromatic carboxylic acids is 1. The van der Waals surface area contributed by atoms with Crippen LogP contribution in [0.2, 0.25) is 0 Å². The van der Waals surface area contributed by atoms with E-state index in [0.29, 0.717) is 0 Å². The molecule has 0 atom stereocenters. The van der Waals surface area contributed by atoms with Crippen molar-refractivity contribution in [1.82, 2.24) is 0 Å². The Bertz CT molecular complexity index is 2610. The molecule has 0 heterocycles. The van der Waals surface area contributed by atoms with Crippen LogP contribution in [0.1, 0.15) is 10.4 Å². The van der Waals surface area contributed by atoms with Gasteiger partial charge in [-0.25, -0.2) is 4.79 Å². The maximum Gasteiger partial charge on any atom is 0.339 e. The molecule has 0 fully saturated rings. The highest BCUT2D eigenvalue weighted by Gasteiger charge is 2.25. The van der Waals surface area contributed by atoms with Crippen LogP contribution in [0.15, 0.2) is 102 Å². The van der Waals surface area contributed by atoms with Gasteiger partial charge in [0.25, 0.3) is 30.4 Å². The standard InChI is InChI=1S/C27H19N5O13S3/c28-19-11-16-12(7-23(19)47(40,41)42)8-24(48(43,44)45)25(26(16)34)32-31-21-5-4-20(15-3-2-14(10-17(15)21)46(37,38)39)30-29-13-1-6-22(33)18(9-13)27(35)36/h1-11,33-34H,28H2,(H,35,36)(H,37,38,39)(H,40,41,42)(H,43,44,45). The third-order valence-corrected chi connectivity index (χ3v) is 9.34. The van der Waals surface area contributed by atoms with E-state index in [1.54, 1.807) is 0 Å². The molecule has 0 saturated carbocycles. The molecular formula is C27H19N5O13S3. The Morgan fingerprint density at radius 1 is 0.625 bits per heavy atom. The Hall–Kier alpha value is -5.58. The van der Waals surface area contributed by atoms with Crippen molar-refractivity contribution in [2.24, 2.45) is 20.5 Å². The average molecular weight is 718 g/mol. The second kappa shape index (κ2) is 11.9. The Balaban J connectivity index is 1.70. The Labute approximate surface area is 269 Å². The van der Waals surface area contributed by atoms with E-state index >= 15 is 0 Å². The van der Waals surface area contributed by atoms with Crippen LogP contribution in [0.25, 0.3) is 21.5 Å². The van der Waals surface area contributed by atoms with Gasteiger partial charge < -0.3 is 21.1 Å². The van der Waals surface area contributed by atoms with Gasteiger partial charge in [-0.2, -0.15) is 30.4 Å². The van der Waals surface area contributed by atoms with Crippen LogP contribution in [0.5, 0.6) is 11.5 Å². The molecule has 248 valence electrons. The molecule has 0 bridgehead atoms. The van der Waals surface area contributed by atoms with Crippen molar-refractivity contribution in [1.29, 1.82) is 0 Å². The summed E-state index contributed by atoms with van der Waals surface area (Å²) < 4.78 is 101. The molecular weight excluding hydrogens is 699 g/mol. The molecule has 0 aliphatic rings. The van der Waals surface area contributed by atoms with Crippen LogP contribution >= 0.6 is 0 Å². The lowest BCUT2D eigenvalue weighted by atomic mass is 10.1. The third-order valence-electron chi connectivity index (χ3n) is 6.72. The molecule has 0 radical (unpaired) electrons. The lowest BCUT2D eigenvalue weighted by Crippen LogP contribution is -2.04. The summed E-state index contributed by atoms with van der Waals surface area (Å²) in [5.74, 6) is -2.87. The average Bonchev–Trinajstić information content (AvgIpc) is 2.98. The minimum absolute atomic E-state index is 0.0190. The van der Waals surface area contributed by atoms with Crippen molar-refractivity contribution in [2.75, 3.05) is 5.73 Å². The van der Waals surface area contributed by atoms with Crippen LogP contribution in [0, 0.1) is 0 Å². The monoisotopic (exact) mass is 717 g/mol. The summed E-state index contributed by atoms with van der Waals surface area (Å²) in [7, 11) is -14.8. The van der Waals surface area contributed by atoms with E-state index < -0.39 is 79.4 Å². The highest BCUT2D eigenvalue weighted by atomic mass is 32.2. The molecule has 0 amide bonds. The van der Waals surface area contributed by atoms with Gasteiger partial charge in [-0.3, -0.25) is 13.7 Å². The molecule has 18 nitrogen and oxygen atoms in total. The second-order valence-electron chi connectivity index (χ2n) is 9.83. The highest BCUT2D eigenvalue weighted by Crippen LogP contribution is 2.44. The molecule has 0 spiro atoms. The van der Waals surface area contributed by atoms with Crippen LogP contribution < -0.4 is 5.73 Å². The van der Waals surface area contributed by atoms with E-state index in [-0.39, 0.29) is 38.6 Å². The molecule has 8 N–H and O–H groups in total. The summed E-state index contributed by atoms with van der Waals surface area (Å²) in [5, 5.41) is 45.2. The van der Waals surface area contributed by atoms with Crippen molar-refractivity contribution in [3.05, 3.63) is 72.3 Å². The normalized spacial score (nSPS) is 12.8. The number of carboxylic acids is 1. The number of nitrogen functional groups attached to an aromatic ring is 1. The first kappa shape index (κ1) is 33.8. The first-order valence-corrected chi connectivity index (χ1v) is 17.1. The number of hydrogen-bond acceptors (Lipinski definition) is 14. The maximum absolute atomic E-state index is 12.3. The van der Waals surface area contributed by atoms with Crippen molar-refractivity contribution in [2.45, 2.75) is 14.7 Å².